The highest BCUT2D eigenvalue weighted by Crippen LogP contribution is 2.31. The summed E-state index contributed by atoms with van der Waals surface area (Å²) in [6, 6.07) is 0. The van der Waals surface area contributed by atoms with E-state index in [9.17, 15) is 13.6 Å². The van der Waals surface area contributed by atoms with Gasteiger partial charge in [0.15, 0.2) is 0 Å². The number of carbonyl (C=O) groups is 1. The van der Waals surface area contributed by atoms with Crippen LogP contribution in [0.4, 0.5) is 8.78 Å². The Bertz CT molecular complexity index is 429. The molecular formula is C10H9BrClF2NO2. The van der Waals surface area contributed by atoms with Crippen molar-refractivity contribution in [2.45, 2.75) is 18.7 Å². The number of methoxy groups -OCH3 is 1. The summed E-state index contributed by atoms with van der Waals surface area (Å²) in [5, 5.41) is 0. The predicted octanol–water partition coefficient (Wildman–Crippen LogP) is 3.24. The fourth-order valence-electron chi connectivity index (χ4n) is 1.35. The molecule has 0 aliphatic carbocycles. The third kappa shape index (κ3) is 3.35. The molecule has 0 saturated carbocycles. The summed E-state index contributed by atoms with van der Waals surface area (Å²) in [6.45, 7) is 0. The minimum absolute atomic E-state index is 0.0892. The minimum atomic E-state index is -2.72. The van der Waals surface area contributed by atoms with Gasteiger partial charge in [0.1, 0.15) is 4.60 Å². The maximum Gasteiger partial charge on any atom is 0.310 e. The molecule has 0 radical (unpaired) electrons. The van der Waals surface area contributed by atoms with Crippen LogP contribution in [0.3, 0.4) is 0 Å². The molecule has 1 heterocycles. The van der Waals surface area contributed by atoms with E-state index in [1.807, 2.05) is 0 Å². The van der Waals surface area contributed by atoms with Crippen molar-refractivity contribution in [1.82, 2.24) is 4.98 Å². The smallest absolute Gasteiger partial charge is 0.310 e. The van der Waals surface area contributed by atoms with Crippen molar-refractivity contribution in [3.05, 3.63) is 27.5 Å². The lowest BCUT2D eigenvalue weighted by molar-refractivity contribution is -0.139. The van der Waals surface area contributed by atoms with E-state index in [4.69, 9.17) is 11.6 Å². The average Bonchev–Trinajstić information content (AvgIpc) is 2.30. The Morgan fingerprint density at radius 3 is 2.76 bits per heavy atom. The molecule has 0 saturated heterocycles. The van der Waals surface area contributed by atoms with E-state index < -0.39 is 12.4 Å². The Morgan fingerprint density at radius 2 is 2.29 bits per heavy atom. The molecule has 94 valence electrons. The number of esters is 1. The van der Waals surface area contributed by atoms with Gasteiger partial charge in [-0.2, -0.15) is 0 Å². The van der Waals surface area contributed by atoms with E-state index >= 15 is 0 Å². The number of ether oxygens (including phenoxy) is 1. The third-order valence-corrected chi connectivity index (χ3v) is 3.14. The van der Waals surface area contributed by atoms with E-state index in [0.29, 0.717) is 0 Å². The highest BCUT2D eigenvalue weighted by molar-refractivity contribution is 9.10. The molecule has 0 spiro atoms. The van der Waals surface area contributed by atoms with Crippen LogP contribution in [0.1, 0.15) is 23.1 Å². The summed E-state index contributed by atoms with van der Waals surface area (Å²) in [5.74, 6) is -0.699. The van der Waals surface area contributed by atoms with Crippen LogP contribution in [0.15, 0.2) is 10.8 Å². The van der Waals surface area contributed by atoms with Crippen molar-refractivity contribution in [2.75, 3.05) is 7.11 Å². The molecule has 0 aliphatic heterocycles. The molecule has 1 rings (SSSR count). The highest BCUT2D eigenvalue weighted by Gasteiger charge is 2.22. The number of hydrogen-bond donors (Lipinski definition) is 0. The van der Waals surface area contributed by atoms with Crippen molar-refractivity contribution < 1.29 is 18.3 Å². The second-order valence-corrected chi connectivity index (χ2v) is 4.17. The van der Waals surface area contributed by atoms with Crippen LogP contribution in [0, 0.1) is 0 Å². The SMILES string of the molecule is COC(=O)Cc1c(Br)ncc(CCl)c1C(F)F. The minimum Gasteiger partial charge on any atom is -0.469 e. The number of alkyl halides is 3. The molecule has 7 heteroatoms. The molecule has 3 nitrogen and oxygen atoms in total. The number of carbonyl (C=O) groups excluding carboxylic acids is 1. The molecule has 17 heavy (non-hydrogen) atoms. The van der Waals surface area contributed by atoms with Crippen LogP contribution in [0.2, 0.25) is 0 Å². The Labute approximate surface area is 110 Å². The summed E-state index contributed by atoms with van der Waals surface area (Å²) in [6.07, 6.45) is -1.73. The van der Waals surface area contributed by atoms with Crippen LogP contribution in [-0.2, 0) is 21.8 Å². The van der Waals surface area contributed by atoms with E-state index in [1.165, 1.54) is 13.3 Å². The lowest BCUT2D eigenvalue weighted by Crippen LogP contribution is -2.10. The van der Waals surface area contributed by atoms with Crippen LogP contribution < -0.4 is 0 Å². The molecule has 1 aromatic rings. The van der Waals surface area contributed by atoms with Crippen molar-refractivity contribution in [1.29, 1.82) is 0 Å². The molecule has 0 aromatic carbocycles. The van der Waals surface area contributed by atoms with Crippen molar-refractivity contribution in [3.8, 4) is 0 Å². The normalized spacial score (nSPS) is 10.7. The lowest BCUT2D eigenvalue weighted by Gasteiger charge is -2.13. The molecule has 0 unspecified atom stereocenters. The number of halogens is 4. The standard InChI is InChI=1S/C10H9BrClF2NO2/c1-17-7(16)2-6-8(10(13)14)5(3-12)4-15-9(6)11/h4,10H,2-3H2,1H3. The first kappa shape index (κ1) is 14.3. The maximum absolute atomic E-state index is 13.0. The number of nitrogens with zero attached hydrogens (tertiary/aromatic N) is 1. The van der Waals surface area contributed by atoms with Crippen molar-refractivity contribution in [2.24, 2.45) is 0 Å². The van der Waals surface area contributed by atoms with Gasteiger partial charge in [-0.05, 0) is 21.5 Å². The fraction of sp³-hybridized carbons (Fsp3) is 0.400. The summed E-state index contributed by atoms with van der Waals surface area (Å²) in [4.78, 5) is 15.0. The zero-order valence-electron chi connectivity index (χ0n) is 8.84. The maximum atomic E-state index is 13.0. The molecule has 0 aliphatic rings. The van der Waals surface area contributed by atoms with Crippen LogP contribution in [-0.4, -0.2) is 18.1 Å². The Balaban J connectivity index is 3.28. The van der Waals surface area contributed by atoms with E-state index in [-0.39, 0.29) is 33.6 Å². The van der Waals surface area contributed by atoms with Gasteiger partial charge in [0, 0.05) is 23.2 Å². The monoisotopic (exact) mass is 327 g/mol. The molecule has 0 amide bonds. The van der Waals surface area contributed by atoms with Gasteiger partial charge in [-0.25, -0.2) is 13.8 Å². The largest absolute Gasteiger partial charge is 0.469 e. The summed E-state index contributed by atoms with van der Waals surface area (Å²) in [7, 11) is 1.19. The topological polar surface area (TPSA) is 39.2 Å². The highest BCUT2D eigenvalue weighted by atomic mass is 79.9. The van der Waals surface area contributed by atoms with Gasteiger partial charge in [0.2, 0.25) is 0 Å². The first-order valence-electron chi connectivity index (χ1n) is 4.58. The van der Waals surface area contributed by atoms with Gasteiger partial charge in [0.25, 0.3) is 6.43 Å². The van der Waals surface area contributed by atoms with Crippen LogP contribution >= 0.6 is 27.5 Å². The second kappa shape index (κ2) is 6.26. The summed E-state index contributed by atoms with van der Waals surface area (Å²) < 4.78 is 30.6. The molecule has 0 bridgehead atoms. The zero-order valence-corrected chi connectivity index (χ0v) is 11.2. The van der Waals surface area contributed by atoms with E-state index in [1.54, 1.807) is 0 Å². The van der Waals surface area contributed by atoms with Crippen LogP contribution in [0.5, 0.6) is 0 Å². The van der Waals surface area contributed by atoms with E-state index in [2.05, 4.69) is 25.7 Å². The Hall–Kier alpha value is -0.750. The molecule has 0 atom stereocenters. The molecule has 0 fully saturated rings. The zero-order chi connectivity index (χ0) is 13.0. The van der Waals surface area contributed by atoms with Crippen molar-refractivity contribution >= 4 is 33.5 Å². The second-order valence-electron chi connectivity index (χ2n) is 3.15. The first-order valence-corrected chi connectivity index (χ1v) is 5.91. The van der Waals surface area contributed by atoms with E-state index in [0.717, 1.165) is 0 Å². The number of pyridine rings is 1. The van der Waals surface area contributed by atoms with Gasteiger partial charge < -0.3 is 4.74 Å². The number of hydrogen-bond acceptors (Lipinski definition) is 3. The molecular weight excluding hydrogens is 319 g/mol. The van der Waals surface area contributed by atoms with Crippen molar-refractivity contribution in [3.63, 3.8) is 0 Å². The number of rotatable bonds is 4. The molecule has 0 N–H and O–H groups in total. The first-order chi connectivity index (χ1) is 8.01. The van der Waals surface area contributed by atoms with Gasteiger partial charge >= 0.3 is 5.97 Å². The van der Waals surface area contributed by atoms with Gasteiger partial charge in [-0.1, -0.05) is 0 Å². The third-order valence-electron chi connectivity index (χ3n) is 2.16. The Morgan fingerprint density at radius 1 is 1.65 bits per heavy atom. The van der Waals surface area contributed by atoms with Crippen LogP contribution in [0.25, 0.3) is 0 Å². The number of aromatic nitrogens is 1. The predicted molar refractivity (Wildman–Crippen MR) is 62.2 cm³/mol. The molecule has 1 aromatic heterocycles. The quantitative estimate of drug-likeness (QED) is 0.484. The Kier molecular flexibility index (Phi) is 5.27. The summed E-state index contributed by atoms with van der Waals surface area (Å²) in [5.41, 5.74) is 0.0704. The average molecular weight is 329 g/mol. The fourth-order valence-corrected chi connectivity index (χ4v) is 2.02. The van der Waals surface area contributed by atoms with Gasteiger partial charge in [0.05, 0.1) is 13.5 Å². The lowest BCUT2D eigenvalue weighted by atomic mass is 10.0. The summed E-state index contributed by atoms with van der Waals surface area (Å²) >= 11 is 8.61. The van der Waals surface area contributed by atoms with Gasteiger partial charge in [-0.3, -0.25) is 4.79 Å². The van der Waals surface area contributed by atoms with Gasteiger partial charge in [-0.15, -0.1) is 11.6 Å².